The molecule has 0 spiro atoms. The third-order valence-corrected chi connectivity index (χ3v) is 9.32. The van der Waals surface area contributed by atoms with Gasteiger partial charge in [0.25, 0.3) is 0 Å². The van der Waals surface area contributed by atoms with Gasteiger partial charge in [-0.1, -0.05) is 31.5 Å². The van der Waals surface area contributed by atoms with Crippen LogP contribution in [0.25, 0.3) is 0 Å². The van der Waals surface area contributed by atoms with Crippen LogP contribution in [0.4, 0.5) is 0 Å². The third-order valence-electron chi connectivity index (χ3n) is 7.26. The molecule has 2 heterocycles. The number of benzene rings is 1. The molecule has 0 bridgehead atoms. The second kappa shape index (κ2) is 11.0. The number of rotatable bonds is 7. The number of nitrogens with zero attached hydrogens (tertiary/aromatic N) is 2. The molecule has 0 atom stereocenters. The maximum Gasteiger partial charge on any atom is 0.243 e. The van der Waals surface area contributed by atoms with Crippen molar-refractivity contribution >= 4 is 21.8 Å². The van der Waals surface area contributed by atoms with Crippen LogP contribution < -0.4 is 5.32 Å². The summed E-state index contributed by atoms with van der Waals surface area (Å²) >= 11 is 0. The van der Waals surface area contributed by atoms with Gasteiger partial charge in [0.15, 0.2) is 0 Å². The number of aryl methyl sites for hydroxylation is 2. The summed E-state index contributed by atoms with van der Waals surface area (Å²) in [6, 6.07) is 5.47. The molecule has 7 nitrogen and oxygen atoms in total. The number of carbonyl (C=O) groups excluding carboxylic acids is 2. The molecule has 1 aromatic carbocycles. The summed E-state index contributed by atoms with van der Waals surface area (Å²) in [4.78, 5) is 27.7. The first kappa shape index (κ1) is 25.7. The molecule has 2 fully saturated rings. The van der Waals surface area contributed by atoms with Crippen LogP contribution in [0, 0.1) is 25.7 Å². The first-order valence-electron chi connectivity index (χ1n) is 12.3. The highest BCUT2D eigenvalue weighted by Gasteiger charge is 2.34. The van der Waals surface area contributed by atoms with E-state index in [0.29, 0.717) is 43.9 Å². The third kappa shape index (κ3) is 5.96. The van der Waals surface area contributed by atoms with Crippen molar-refractivity contribution in [2.45, 2.75) is 77.2 Å². The Bertz CT molecular complexity index is 942. The van der Waals surface area contributed by atoms with Crippen LogP contribution in [0.5, 0.6) is 0 Å². The Morgan fingerprint density at radius 3 is 2.15 bits per heavy atom. The van der Waals surface area contributed by atoms with Crippen LogP contribution in [0.15, 0.2) is 23.1 Å². The van der Waals surface area contributed by atoms with Gasteiger partial charge in [0.05, 0.1) is 4.90 Å². The molecule has 2 aliphatic heterocycles. The minimum absolute atomic E-state index is 0.0170. The molecule has 8 heteroatoms. The highest BCUT2D eigenvalue weighted by atomic mass is 32.2. The van der Waals surface area contributed by atoms with E-state index in [1.807, 2.05) is 30.9 Å². The van der Waals surface area contributed by atoms with Crippen LogP contribution in [-0.4, -0.2) is 61.7 Å². The van der Waals surface area contributed by atoms with E-state index in [1.165, 1.54) is 4.31 Å². The summed E-state index contributed by atoms with van der Waals surface area (Å²) in [5.41, 5.74) is 1.79. The SMILES string of the molecule is CCC(CC)C(=O)N1CCC(NC(=O)C2CCN(S(=O)(=O)c3ccc(C)cc3C)CC2)CC1. The lowest BCUT2D eigenvalue weighted by Gasteiger charge is -2.36. The quantitative estimate of drug-likeness (QED) is 0.653. The van der Waals surface area contributed by atoms with Crippen molar-refractivity contribution in [3.8, 4) is 0 Å². The fourth-order valence-electron chi connectivity index (χ4n) is 5.05. The average Bonchev–Trinajstić information content (AvgIpc) is 2.80. The number of sulfonamides is 1. The lowest BCUT2D eigenvalue weighted by Crippen LogP contribution is -2.50. The van der Waals surface area contributed by atoms with Crippen molar-refractivity contribution in [1.82, 2.24) is 14.5 Å². The van der Waals surface area contributed by atoms with E-state index >= 15 is 0 Å². The molecule has 0 aliphatic carbocycles. The normalized spacial score (nSPS) is 19.1. The number of hydrogen-bond donors (Lipinski definition) is 1. The fourth-order valence-corrected chi connectivity index (χ4v) is 6.72. The summed E-state index contributed by atoms with van der Waals surface area (Å²) in [6.45, 7) is 9.97. The number of hydrogen-bond acceptors (Lipinski definition) is 4. The second-order valence-corrected chi connectivity index (χ2v) is 11.5. The molecule has 0 aromatic heterocycles. The fraction of sp³-hybridized carbons (Fsp3) is 0.680. The molecule has 184 valence electrons. The summed E-state index contributed by atoms with van der Waals surface area (Å²) in [6.07, 6.45) is 4.34. The van der Waals surface area contributed by atoms with E-state index in [0.717, 1.165) is 36.8 Å². The van der Waals surface area contributed by atoms with Gasteiger partial charge in [-0.05, 0) is 64.0 Å². The van der Waals surface area contributed by atoms with Gasteiger partial charge in [-0.25, -0.2) is 8.42 Å². The smallest absolute Gasteiger partial charge is 0.243 e. The summed E-state index contributed by atoms with van der Waals surface area (Å²) < 4.78 is 27.7. The lowest BCUT2D eigenvalue weighted by atomic mass is 9.95. The van der Waals surface area contributed by atoms with Crippen LogP contribution in [0.1, 0.15) is 63.5 Å². The number of carbonyl (C=O) groups is 2. The lowest BCUT2D eigenvalue weighted by molar-refractivity contribution is -0.137. The summed E-state index contributed by atoms with van der Waals surface area (Å²) in [7, 11) is -3.55. The number of likely N-dealkylation sites (tertiary alicyclic amines) is 1. The van der Waals surface area contributed by atoms with Gasteiger partial charge in [0, 0.05) is 44.1 Å². The molecule has 33 heavy (non-hydrogen) atoms. The summed E-state index contributed by atoms with van der Waals surface area (Å²) in [5.74, 6) is 0.187. The van der Waals surface area contributed by atoms with Crippen LogP contribution in [0.2, 0.25) is 0 Å². The predicted octanol–water partition coefficient (Wildman–Crippen LogP) is 3.25. The van der Waals surface area contributed by atoms with Gasteiger partial charge >= 0.3 is 0 Å². The zero-order chi connectivity index (χ0) is 24.2. The highest BCUT2D eigenvalue weighted by molar-refractivity contribution is 7.89. The van der Waals surface area contributed by atoms with Crippen molar-refractivity contribution in [2.24, 2.45) is 11.8 Å². The molecular formula is C25H39N3O4S. The summed E-state index contributed by atoms with van der Waals surface area (Å²) in [5, 5.41) is 3.16. The van der Waals surface area contributed by atoms with Gasteiger partial charge < -0.3 is 10.2 Å². The average molecular weight is 478 g/mol. The van der Waals surface area contributed by atoms with Crippen molar-refractivity contribution in [2.75, 3.05) is 26.2 Å². The van der Waals surface area contributed by atoms with Gasteiger partial charge in [-0.3, -0.25) is 9.59 Å². The number of amides is 2. The van der Waals surface area contributed by atoms with Crippen molar-refractivity contribution in [1.29, 1.82) is 0 Å². The van der Waals surface area contributed by atoms with E-state index in [9.17, 15) is 18.0 Å². The predicted molar refractivity (Wildman–Crippen MR) is 129 cm³/mol. The minimum Gasteiger partial charge on any atom is -0.353 e. The maximum atomic E-state index is 13.1. The Morgan fingerprint density at radius 1 is 1.00 bits per heavy atom. The number of piperidine rings is 2. The largest absolute Gasteiger partial charge is 0.353 e. The van der Waals surface area contributed by atoms with Gasteiger partial charge in [0.2, 0.25) is 21.8 Å². The van der Waals surface area contributed by atoms with Crippen LogP contribution >= 0.6 is 0 Å². The Hall–Kier alpha value is -1.93. The van der Waals surface area contributed by atoms with E-state index in [-0.39, 0.29) is 29.7 Å². The van der Waals surface area contributed by atoms with E-state index < -0.39 is 10.0 Å². The standard InChI is InChI=1S/C25H39N3O4S/c1-5-20(6-2)25(30)27-13-11-22(12-14-27)26-24(29)21-9-15-28(16-10-21)33(31,32)23-8-7-18(3)17-19(23)4/h7-8,17,20-22H,5-6,9-16H2,1-4H3,(H,26,29). The van der Waals surface area contributed by atoms with Crippen molar-refractivity contribution in [3.63, 3.8) is 0 Å². The molecule has 2 amide bonds. The van der Waals surface area contributed by atoms with Gasteiger partial charge in [-0.2, -0.15) is 4.31 Å². The van der Waals surface area contributed by atoms with E-state index in [4.69, 9.17) is 0 Å². The Kier molecular flexibility index (Phi) is 8.56. The zero-order valence-corrected chi connectivity index (χ0v) is 21.3. The monoisotopic (exact) mass is 477 g/mol. The molecule has 2 saturated heterocycles. The van der Waals surface area contributed by atoms with Gasteiger partial charge in [-0.15, -0.1) is 0 Å². The Labute approximate surface area is 199 Å². The van der Waals surface area contributed by atoms with Crippen molar-refractivity contribution in [3.05, 3.63) is 29.3 Å². The molecule has 1 N–H and O–H groups in total. The zero-order valence-electron chi connectivity index (χ0n) is 20.5. The molecular weight excluding hydrogens is 438 g/mol. The minimum atomic E-state index is -3.55. The second-order valence-electron chi connectivity index (χ2n) is 9.57. The topological polar surface area (TPSA) is 86.8 Å². The molecule has 2 aliphatic rings. The Balaban J connectivity index is 1.49. The van der Waals surface area contributed by atoms with Crippen LogP contribution in [-0.2, 0) is 19.6 Å². The number of nitrogens with one attached hydrogen (secondary N) is 1. The first-order chi connectivity index (χ1) is 15.7. The molecule has 1 aromatic rings. The molecule has 0 unspecified atom stereocenters. The maximum absolute atomic E-state index is 13.1. The molecule has 0 saturated carbocycles. The van der Waals surface area contributed by atoms with E-state index in [1.54, 1.807) is 6.07 Å². The highest BCUT2D eigenvalue weighted by Crippen LogP contribution is 2.27. The van der Waals surface area contributed by atoms with Crippen molar-refractivity contribution < 1.29 is 18.0 Å². The first-order valence-corrected chi connectivity index (χ1v) is 13.8. The van der Waals surface area contributed by atoms with Crippen LogP contribution in [0.3, 0.4) is 0 Å². The Morgan fingerprint density at radius 2 is 1.61 bits per heavy atom. The molecule has 3 rings (SSSR count). The van der Waals surface area contributed by atoms with E-state index in [2.05, 4.69) is 19.2 Å². The van der Waals surface area contributed by atoms with Gasteiger partial charge in [0.1, 0.15) is 0 Å². The molecule has 0 radical (unpaired) electrons.